The van der Waals surface area contributed by atoms with E-state index in [1.54, 1.807) is 59.6 Å². The summed E-state index contributed by atoms with van der Waals surface area (Å²) in [6.07, 6.45) is 1.63. The molecule has 0 atom stereocenters. The van der Waals surface area contributed by atoms with Gasteiger partial charge >= 0.3 is 0 Å². The molecule has 0 bridgehead atoms. The highest BCUT2D eigenvalue weighted by Gasteiger charge is 2.19. The average Bonchev–Trinajstić information content (AvgIpc) is 2.71. The van der Waals surface area contributed by atoms with E-state index in [0.717, 1.165) is 5.75 Å². The molecule has 0 saturated heterocycles. The van der Waals surface area contributed by atoms with Crippen molar-refractivity contribution < 1.29 is 13.9 Å². The Balaban J connectivity index is 1.84. The zero-order valence-electron chi connectivity index (χ0n) is 16.0. The van der Waals surface area contributed by atoms with Gasteiger partial charge in [0, 0.05) is 11.8 Å². The fraction of sp³-hybridized carbons (Fsp3) is 0.217. The Morgan fingerprint density at radius 3 is 2.50 bits per heavy atom. The van der Waals surface area contributed by atoms with E-state index in [1.165, 1.54) is 12.1 Å². The molecule has 0 saturated carbocycles. The van der Waals surface area contributed by atoms with Crippen LogP contribution in [0.15, 0.2) is 72.9 Å². The highest BCUT2D eigenvalue weighted by atomic mass is 19.1. The molecule has 28 heavy (non-hydrogen) atoms. The third-order valence-electron chi connectivity index (χ3n) is 4.09. The van der Waals surface area contributed by atoms with Gasteiger partial charge < -0.3 is 4.74 Å². The van der Waals surface area contributed by atoms with Gasteiger partial charge in [0.05, 0.1) is 13.2 Å². The van der Waals surface area contributed by atoms with Crippen molar-refractivity contribution >= 4 is 11.7 Å². The van der Waals surface area contributed by atoms with E-state index in [0.29, 0.717) is 29.5 Å². The molecule has 0 aliphatic rings. The summed E-state index contributed by atoms with van der Waals surface area (Å²) in [6.45, 7) is 5.00. The number of hydrogen-bond donors (Lipinski definition) is 0. The summed E-state index contributed by atoms with van der Waals surface area (Å²) in [4.78, 5) is 19.0. The first kappa shape index (κ1) is 19.5. The number of aromatic nitrogens is 1. The van der Waals surface area contributed by atoms with Crippen LogP contribution in [0.3, 0.4) is 0 Å². The second-order valence-corrected chi connectivity index (χ2v) is 6.94. The van der Waals surface area contributed by atoms with Gasteiger partial charge in [-0.3, -0.25) is 9.69 Å². The summed E-state index contributed by atoms with van der Waals surface area (Å²) in [5, 5.41) is 0. The average molecular weight is 378 g/mol. The van der Waals surface area contributed by atoms with Crippen molar-refractivity contribution in [3.8, 4) is 5.75 Å². The zero-order chi connectivity index (χ0) is 19.9. The van der Waals surface area contributed by atoms with Crippen molar-refractivity contribution in [2.24, 2.45) is 5.92 Å². The van der Waals surface area contributed by atoms with Crippen LogP contribution in [-0.2, 0) is 6.54 Å². The molecule has 0 aliphatic carbocycles. The van der Waals surface area contributed by atoms with Crippen molar-refractivity contribution in [3.05, 3.63) is 89.9 Å². The van der Waals surface area contributed by atoms with Crippen LogP contribution in [0.2, 0.25) is 0 Å². The Kier molecular flexibility index (Phi) is 6.37. The maximum absolute atomic E-state index is 13.6. The molecular formula is C23H23FN2O2. The maximum atomic E-state index is 13.6. The van der Waals surface area contributed by atoms with Crippen molar-refractivity contribution in [2.75, 3.05) is 11.5 Å². The molecule has 144 valence electrons. The van der Waals surface area contributed by atoms with Gasteiger partial charge in [-0.15, -0.1) is 0 Å². The molecule has 3 rings (SSSR count). The normalized spacial score (nSPS) is 10.7. The Bertz CT molecular complexity index is 911. The van der Waals surface area contributed by atoms with E-state index in [4.69, 9.17) is 4.74 Å². The van der Waals surface area contributed by atoms with Crippen LogP contribution in [0.5, 0.6) is 5.75 Å². The molecule has 0 unspecified atom stereocenters. The fourth-order valence-corrected chi connectivity index (χ4v) is 2.70. The minimum atomic E-state index is -0.336. The number of pyridine rings is 1. The number of hydrogen-bond acceptors (Lipinski definition) is 3. The quantitative estimate of drug-likeness (QED) is 0.574. The van der Waals surface area contributed by atoms with Crippen LogP contribution >= 0.6 is 0 Å². The second kappa shape index (κ2) is 9.13. The van der Waals surface area contributed by atoms with E-state index in [9.17, 15) is 9.18 Å². The SMILES string of the molecule is CC(C)COc1ccc(C(=O)N(Cc2cccc(F)c2)c2ccccn2)cc1. The molecule has 4 nitrogen and oxygen atoms in total. The molecule has 0 aliphatic heterocycles. The summed E-state index contributed by atoms with van der Waals surface area (Å²) < 4.78 is 19.3. The molecule has 0 N–H and O–H groups in total. The highest BCUT2D eigenvalue weighted by molar-refractivity contribution is 6.05. The predicted molar refractivity (Wildman–Crippen MR) is 108 cm³/mol. The minimum absolute atomic E-state index is 0.210. The van der Waals surface area contributed by atoms with Crippen LogP contribution < -0.4 is 9.64 Å². The van der Waals surface area contributed by atoms with E-state index < -0.39 is 0 Å². The maximum Gasteiger partial charge on any atom is 0.259 e. The topological polar surface area (TPSA) is 42.4 Å². The van der Waals surface area contributed by atoms with Crippen molar-refractivity contribution in [1.29, 1.82) is 0 Å². The molecule has 1 heterocycles. The first-order valence-corrected chi connectivity index (χ1v) is 9.23. The van der Waals surface area contributed by atoms with Crippen molar-refractivity contribution in [2.45, 2.75) is 20.4 Å². The molecule has 1 amide bonds. The molecule has 5 heteroatoms. The van der Waals surface area contributed by atoms with Crippen LogP contribution in [-0.4, -0.2) is 17.5 Å². The Labute approximate surface area is 164 Å². The zero-order valence-corrected chi connectivity index (χ0v) is 16.0. The molecular weight excluding hydrogens is 355 g/mol. The van der Waals surface area contributed by atoms with Gasteiger partial charge in [0.2, 0.25) is 0 Å². The van der Waals surface area contributed by atoms with Gasteiger partial charge in [-0.05, 0) is 60.0 Å². The second-order valence-electron chi connectivity index (χ2n) is 6.94. The molecule has 2 aromatic carbocycles. The standard InChI is InChI=1S/C23H23FN2O2/c1-17(2)16-28-21-11-9-19(10-12-21)23(27)26(22-8-3-4-13-25-22)15-18-6-5-7-20(24)14-18/h3-14,17H,15-16H2,1-2H3. The lowest BCUT2D eigenvalue weighted by Gasteiger charge is -2.22. The monoisotopic (exact) mass is 378 g/mol. The largest absolute Gasteiger partial charge is 0.493 e. The number of nitrogens with zero attached hydrogens (tertiary/aromatic N) is 2. The number of amides is 1. The summed E-state index contributed by atoms with van der Waals surface area (Å²) in [7, 11) is 0. The molecule has 0 fully saturated rings. The van der Waals surface area contributed by atoms with Gasteiger partial charge in [-0.25, -0.2) is 9.37 Å². The smallest absolute Gasteiger partial charge is 0.259 e. The van der Waals surface area contributed by atoms with E-state index >= 15 is 0 Å². The Hall–Kier alpha value is -3.21. The lowest BCUT2D eigenvalue weighted by atomic mass is 10.1. The van der Waals surface area contributed by atoms with Gasteiger partial charge in [0.15, 0.2) is 0 Å². The summed E-state index contributed by atoms with van der Waals surface area (Å²) in [5.74, 6) is 1.11. The fourth-order valence-electron chi connectivity index (χ4n) is 2.70. The number of rotatable bonds is 7. The first-order chi connectivity index (χ1) is 13.5. The van der Waals surface area contributed by atoms with Gasteiger partial charge in [0.1, 0.15) is 17.4 Å². The van der Waals surface area contributed by atoms with Crippen molar-refractivity contribution in [1.82, 2.24) is 4.98 Å². The van der Waals surface area contributed by atoms with Crippen LogP contribution in [0.1, 0.15) is 29.8 Å². The molecule has 1 aromatic heterocycles. The number of ether oxygens (including phenoxy) is 1. The summed E-state index contributed by atoms with van der Waals surface area (Å²) >= 11 is 0. The van der Waals surface area contributed by atoms with Crippen molar-refractivity contribution in [3.63, 3.8) is 0 Å². The van der Waals surface area contributed by atoms with Gasteiger partial charge in [0.25, 0.3) is 5.91 Å². The third-order valence-corrected chi connectivity index (χ3v) is 4.09. The van der Waals surface area contributed by atoms with Crippen LogP contribution in [0.25, 0.3) is 0 Å². The van der Waals surface area contributed by atoms with E-state index in [1.807, 2.05) is 6.07 Å². The van der Waals surface area contributed by atoms with Crippen LogP contribution in [0, 0.1) is 11.7 Å². The lowest BCUT2D eigenvalue weighted by molar-refractivity contribution is 0.0984. The summed E-state index contributed by atoms with van der Waals surface area (Å²) in [5.41, 5.74) is 1.20. The number of carbonyl (C=O) groups is 1. The van der Waals surface area contributed by atoms with Crippen LogP contribution in [0.4, 0.5) is 10.2 Å². The lowest BCUT2D eigenvalue weighted by Crippen LogP contribution is -2.31. The number of halogens is 1. The van der Waals surface area contributed by atoms with Gasteiger partial charge in [-0.2, -0.15) is 0 Å². The number of carbonyl (C=O) groups excluding carboxylic acids is 1. The first-order valence-electron chi connectivity index (χ1n) is 9.23. The minimum Gasteiger partial charge on any atom is -0.493 e. The summed E-state index contributed by atoms with van der Waals surface area (Å²) in [6, 6.07) is 18.6. The third kappa shape index (κ3) is 5.16. The van der Waals surface area contributed by atoms with Gasteiger partial charge in [-0.1, -0.05) is 32.0 Å². The Morgan fingerprint density at radius 1 is 1.07 bits per heavy atom. The molecule has 3 aromatic rings. The predicted octanol–water partition coefficient (Wildman–Crippen LogP) is 5.10. The highest BCUT2D eigenvalue weighted by Crippen LogP contribution is 2.20. The van der Waals surface area contributed by atoms with E-state index in [-0.39, 0.29) is 18.3 Å². The molecule has 0 radical (unpaired) electrons. The number of benzene rings is 2. The molecule has 0 spiro atoms. The number of anilines is 1. The van der Waals surface area contributed by atoms with E-state index in [2.05, 4.69) is 18.8 Å². The Morgan fingerprint density at radius 2 is 1.86 bits per heavy atom.